The van der Waals surface area contributed by atoms with Crippen molar-refractivity contribution in [2.24, 2.45) is 0 Å². The molecule has 3 N–H and O–H groups in total. The zero-order valence-corrected chi connectivity index (χ0v) is 16.2. The van der Waals surface area contributed by atoms with Gasteiger partial charge in [0.2, 0.25) is 5.91 Å². The van der Waals surface area contributed by atoms with Crippen LogP contribution in [0.25, 0.3) is 0 Å². The lowest BCUT2D eigenvalue weighted by Gasteiger charge is -2.26. The van der Waals surface area contributed by atoms with Gasteiger partial charge in [0, 0.05) is 5.69 Å². The van der Waals surface area contributed by atoms with Gasteiger partial charge in [-0.2, -0.15) is 0 Å². The summed E-state index contributed by atoms with van der Waals surface area (Å²) in [6.45, 7) is 4.47. The SMILES string of the molecule is Cc1cc(C)cc(OCCC(=O)NC2CCCc3cc(N)ccc32)c1.Cl. The van der Waals surface area contributed by atoms with Crippen LogP contribution in [0.5, 0.6) is 5.75 Å². The van der Waals surface area contributed by atoms with Crippen molar-refractivity contribution in [1.29, 1.82) is 0 Å². The first kappa shape index (κ1) is 20.1. The first-order valence-electron chi connectivity index (χ1n) is 8.90. The Kier molecular flexibility index (Phi) is 6.92. The van der Waals surface area contributed by atoms with Crippen LogP contribution in [0.1, 0.15) is 47.6 Å². The minimum absolute atomic E-state index is 0. The van der Waals surface area contributed by atoms with Crippen molar-refractivity contribution in [3.8, 4) is 5.75 Å². The molecule has 3 rings (SSSR count). The van der Waals surface area contributed by atoms with Gasteiger partial charge in [0.1, 0.15) is 5.75 Å². The molecule has 2 aromatic rings. The van der Waals surface area contributed by atoms with E-state index in [0.29, 0.717) is 13.0 Å². The zero-order chi connectivity index (χ0) is 17.8. The summed E-state index contributed by atoms with van der Waals surface area (Å²) in [7, 11) is 0. The van der Waals surface area contributed by atoms with E-state index < -0.39 is 0 Å². The molecular weight excluding hydrogens is 348 g/mol. The van der Waals surface area contributed by atoms with E-state index >= 15 is 0 Å². The van der Waals surface area contributed by atoms with Crippen LogP contribution in [0, 0.1) is 13.8 Å². The first-order chi connectivity index (χ1) is 12.0. The maximum atomic E-state index is 12.3. The van der Waals surface area contributed by atoms with Gasteiger partial charge in [0.25, 0.3) is 0 Å². The molecule has 26 heavy (non-hydrogen) atoms. The number of nitrogens with two attached hydrogens (primary N) is 1. The van der Waals surface area contributed by atoms with Crippen LogP contribution in [0.15, 0.2) is 36.4 Å². The van der Waals surface area contributed by atoms with Crippen LogP contribution in [0.4, 0.5) is 5.69 Å². The zero-order valence-electron chi connectivity index (χ0n) is 15.4. The van der Waals surface area contributed by atoms with Crippen LogP contribution < -0.4 is 15.8 Å². The fourth-order valence-corrected chi connectivity index (χ4v) is 3.53. The normalized spacial score (nSPS) is 15.5. The van der Waals surface area contributed by atoms with E-state index in [4.69, 9.17) is 10.5 Å². The third-order valence-corrected chi connectivity index (χ3v) is 4.61. The standard InChI is InChI=1S/C21H26N2O2.ClH/c1-14-10-15(2)12-18(11-14)25-9-8-21(24)23-20-5-3-4-16-13-17(22)6-7-19(16)20;/h6-7,10-13,20H,3-5,8-9,22H2,1-2H3,(H,23,24);1H. The molecule has 5 heteroatoms. The molecule has 4 nitrogen and oxygen atoms in total. The Morgan fingerprint density at radius 2 is 1.92 bits per heavy atom. The quantitative estimate of drug-likeness (QED) is 0.768. The van der Waals surface area contributed by atoms with Crippen LogP contribution in [0.2, 0.25) is 0 Å². The average Bonchev–Trinajstić information content (AvgIpc) is 2.54. The summed E-state index contributed by atoms with van der Waals surface area (Å²) < 4.78 is 5.74. The Morgan fingerprint density at radius 1 is 1.19 bits per heavy atom. The van der Waals surface area contributed by atoms with E-state index in [9.17, 15) is 4.79 Å². The molecule has 2 aromatic carbocycles. The highest BCUT2D eigenvalue weighted by molar-refractivity contribution is 5.85. The second-order valence-electron chi connectivity index (χ2n) is 6.89. The largest absolute Gasteiger partial charge is 0.493 e. The number of benzene rings is 2. The van der Waals surface area contributed by atoms with Gasteiger partial charge in [-0.05, 0) is 79.6 Å². The van der Waals surface area contributed by atoms with E-state index in [-0.39, 0.29) is 24.4 Å². The van der Waals surface area contributed by atoms with Crippen molar-refractivity contribution in [2.75, 3.05) is 12.3 Å². The predicted octanol–water partition coefficient (Wildman–Crippen LogP) is 4.27. The minimum Gasteiger partial charge on any atom is -0.493 e. The molecule has 1 aliphatic rings. The Hall–Kier alpha value is -2.20. The van der Waals surface area contributed by atoms with Crippen molar-refractivity contribution in [3.63, 3.8) is 0 Å². The fraction of sp³-hybridized carbons (Fsp3) is 0.381. The summed E-state index contributed by atoms with van der Waals surface area (Å²) in [4.78, 5) is 12.3. The summed E-state index contributed by atoms with van der Waals surface area (Å²) >= 11 is 0. The smallest absolute Gasteiger partial charge is 0.223 e. The molecule has 1 atom stereocenters. The van der Waals surface area contributed by atoms with Crippen LogP contribution >= 0.6 is 12.4 Å². The molecule has 0 aliphatic heterocycles. The lowest BCUT2D eigenvalue weighted by atomic mass is 9.87. The van der Waals surface area contributed by atoms with Crippen molar-refractivity contribution >= 4 is 24.0 Å². The van der Waals surface area contributed by atoms with E-state index in [1.807, 2.05) is 44.2 Å². The van der Waals surface area contributed by atoms with Gasteiger partial charge in [-0.15, -0.1) is 12.4 Å². The number of fused-ring (bicyclic) bond motifs is 1. The molecule has 0 heterocycles. The maximum absolute atomic E-state index is 12.3. The number of halogens is 1. The molecule has 0 saturated carbocycles. The van der Waals surface area contributed by atoms with Crippen LogP contribution in [-0.2, 0) is 11.2 Å². The number of hydrogen-bond acceptors (Lipinski definition) is 3. The molecule has 1 unspecified atom stereocenters. The van der Waals surface area contributed by atoms with Crippen molar-refractivity contribution in [2.45, 2.75) is 45.6 Å². The number of rotatable bonds is 5. The van der Waals surface area contributed by atoms with Gasteiger partial charge < -0.3 is 15.8 Å². The maximum Gasteiger partial charge on any atom is 0.223 e. The third-order valence-electron chi connectivity index (χ3n) is 4.61. The number of nitrogen functional groups attached to an aromatic ring is 1. The highest BCUT2D eigenvalue weighted by atomic mass is 35.5. The second-order valence-corrected chi connectivity index (χ2v) is 6.89. The Bertz CT molecular complexity index is 756. The van der Waals surface area contributed by atoms with E-state index in [1.165, 1.54) is 11.1 Å². The molecule has 1 aliphatic carbocycles. The van der Waals surface area contributed by atoms with Crippen molar-refractivity contribution in [1.82, 2.24) is 5.32 Å². The highest BCUT2D eigenvalue weighted by Gasteiger charge is 2.21. The average molecular weight is 375 g/mol. The number of carbonyl (C=O) groups is 1. The van der Waals surface area contributed by atoms with Gasteiger partial charge in [0.05, 0.1) is 19.1 Å². The number of carbonyl (C=O) groups excluding carboxylic acids is 1. The summed E-state index contributed by atoms with van der Waals surface area (Å²) in [6.07, 6.45) is 3.43. The number of anilines is 1. The highest BCUT2D eigenvalue weighted by Crippen LogP contribution is 2.31. The molecule has 0 aromatic heterocycles. The lowest BCUT2D eigenvalue weighted by molar-refractivity contribution is -0.122. The number of amides is 1. The molecule has 0 radical (unpaired) electrons. The first-order valence-corrected chi connectivity index (χ1v) is 8.90. The third kappa shape index (κ3) is 5.15. The fourth-order valence-electron chi connectivity index (χ4n) is 3.53. The summed E-state index contributed by atoms with van der Waals surface area (Å²) in [5.74, 6) is 0.850. The Morgan fingerprint density at radius 3 is 2.65 bits per heavy atom. The van der Waals surface area contributed by atoms with Gasteiger partial charge in [-0.25, -0.2) is 0 Å². The Labute approximate surface area is 161 Å². The van der Waals surface area contributed by atoms with Gasteiger partial charge in [-0.3, -0.25) is 4.79 Å². The van der Waals surface area contributed by atoms with Gasteiger partial charge in [-0.1, -0.05) is 12.1 Å². The Balaban J connectivity index is 0.00000243. The minimum atomic E-state index is 0. The number of aryl methyl sites for hydroxylation is 3. The van der Waals surface area contributed by atoms with Crippen molar-refractivity contribution < 1.29 is 9.53 Å². The lowest BCUT2D eigenvalue weighted by Crippen LogP contribution is -2.31. The predicted molar refractivity (Wildman–Crippen MR) is 108 cm³/mol. The molecule has 1 amide bonds. The van der Waals surface area contributed by atoms with Crippen LogP contribution in [-0.4, -0.2) is 12.5 Å². The summed E-state index contributed by atoms with van der Waals surface area (Å²) in [5.41, 5.74) is 11.4. The number of nitrogens with one attached hydrogen (secondary N) is 1. The second kappa shape index (κ2) is 8.95. The monoisotopic (exact) mass is 374 g/mol. The topological polar surface area (TPSA) is 64.3 Å². The van der Waals surface area contributed by atoms with E-state index in [1.54, 1.807) is 0 Å². The molecule has 0 bridgehead atoms. The number of hydrogen-bond donors (Lipinski definition) is 2. The number of ether oxygens (including phenoxy) is 1. The van der Waals surface area contributed by atoms with Gasteiger partial charge >= 0.3 is 0 Å². The van der Waals surface area contributed by atoms with Crippen molar-refractivity contribution in [3.05, 3.63) is 58.7 Å². The molecule has 140 valence electrons. The molecule has 0 fully saturated rings. The summed E-state index contributed by atoms with van der Waals surface area (Å²) in [5, 5.41) is 3.14. The van der Waals surface area contributed by atoms with E-state index in [0.717, 1.165) is 41.8 Å². The molecule has 0 saturated heterocycles. The van der Waals surface area contributed by atoms with Gasteiger partial charge in [0.15, 0.2) is 0 Å². The molecular formula is C21H27ClN2O2. The van der Waals surface area contributed by atoms with E-state index in [2.05, 4.69) is 11.4 Å². The summed E-state index contributed by atoms with van der Waals surface area (Å²) in [6, 6.07) is 12.1. The van der Waals surface area contributed by atoms with Crippen LogP contribution in [0.3, 0.4) is 0 Å². The molecule has 0 spiro atoms.